The van der Waals surface area contributed by atoms with E-state index in [2.05, 4.69) is 20.8 Å². The van der Waals surface area contributed by atoms with E-state index >= 15 is 0 Å². The summed E-state index contributed by atoms with van der Waals surface area (Å²) in [5.41, 5.74) is 3.55. The Labute approximate surface area is 91.9 Å². The lowest BCUT2D eigenvalue weighted by Gasteiger charge is -2.34. The van der Waals surface area contributed by atoms with Crippen LogP contribution in [0.2, 0.25) is 0 Å². The molecule has 1 nitrogen and oxygen atoms in total. The fourth-order valence-corrected chi connectivity index (χ4v) is 4.54. The summed E-state index contributed by atoms with van der Waals surface area (Å²) in [5, 5.41) is 0. The summed E-state index contributed by atoms with van der Waals surface area (Å²) in [6.07, 6.45) is 5.68. The molecule has 0 aromatic heterocycles. The molecule has 3 rings (SSSR count). The second-order valence-corrected chi connectivity index (χ2v) is 6.69. The van der Waals surface area contributed by atoms with E-state index in [9.17, 15) is 4.79 Å². The van der Waals surface area contributed by atoms with E-state index < -0.39 is 0 Å². The van der Waals surface area contributed by atoms with Crippen molar-refractivity contribution in [3.63, 3.8) is 0 Å². The predicted molar refractivity (Wildman–Crippen MR) is 60.5 cm³/mol. The highest BCUT2D eigenvalue weighted by Gasteiger charge is 2.57. The number of carbonyl (C=O) groups is 1. The summed E-state index contributed by atoms with van der Waals surface area (Å²) >= 11 is 0. The third-order valence-corrected chi connectivity index (χ3v) is 5.06. The molecule has 1 fully saturated rings. The molecule has 0 aromatic rings. The lowest BCUT2D eigenvalue weighted by atomic mass is 9.70. The van der Waals surface area contributed by atoms with Crippen molar-refractivity contribution < 1.29 is 4.79 Å². The average Bonchev–Trinajstić information content (AvgIpc) is 2.67. The van der Waals surface area contributed by atoms with E-state index in [0.717, 1.165) is 12.8 Å². The van der Waals surface area contributed by atoms with Crippen LogP contribution in [0, 0.1) is 16.7 Å². The maximum atomic E-state index is 12.0. The normalized spacial score (nSPS) is 42.3. The molecule has 1 heteroatoms. The molecule has 3 aliphatic rings. The zero-order chi connectivity index (χ0) is 10.8. The van der Waals surface area contributed by atoms with Gasteiger partial charge in [-0.25, -0.2) is 0 Å². The summed E-state index contributed by atoms with van der Waals surface area (Å²) in [7, 11) is 0. The molecule has 1 saturated carbocycles. The first-order valence-corrected chi connectivity index (χ1v) is 6.19. The van der Waals surface area contributed by atoms with Gasteiger partial charge in [0.15, 0.2) is 5.78 Å². The second kappa shape index (κ2) is 2.56. The van der Waals surface area contributed by atoms with Crippen molar-refractivity contribution in [1.29, 1.82) is 0 Å². The minimum atomic E-state index is 0.353. The molecule has 0 amide bonds. The van der Waals surface area contributed by atoms with Gasteiger partial charge in [-0.1, -0.05) is 26.3 Å². The topological polar surface area (TPSA) is 17.1 Å². The molecule has 0 radical (unpaired) electrons. The van der Waals surface area contributed by atoms with Crippen molar-refractivity contribution in [2.45, 2.75) is 52.9 Å². The van der Waals surface area contributed by atoms with Crippen LogP contribution in [0.4, 0.5) is 0 Å². The number of hydrogen-bond donors (Lipinski definition) is 0. The molecule has 0 saturated heterocycles. The maximum absolute atomic E-state index is 12.0. The van der Waals surface area contributed by atoms with Gasteiger partial charge < -0.3 is 0 Å². The minimum Gasteiger partial charge on any atom is -0.295 e. The lowest BCUT2D eigenvalue weighted by Crippen LogP contribution is -2.29. The fourth-order valence-electron chi connectivity index (χ4n) is 4.54. The Morgan fingerprint density at radius 3 is 2.60 bits per heavy atom. The van der Waals surface area contributed by atoms with Gasteiger partial charge in [-0.05, 0) is 48.0 Å². The lowest BCUT2D eigenvalue weighted by molar-refractivity contribution is -0.116. The van der Waals surface area contributed by atoms with Gasteiger partial charge in [0.05, 0.1) is 0 Å². The first kappa shape index (κ1) is 9.62. The van der Waals surface area contributed by atoms with Gasteiger partial charge in [0.25, 0.3) is 0 Å². The van der Waals surface area contributed by atoms with Crippen LogP contribution in [0.15, 0.2) is 11.1 Å². The number of rotatable bonds is 0. The molecule has 3 aliphatic carbocycles. The molecule has 0 aliphatic heterocycles. The van der Waals surface area contributed by atoms with Crippen LogP contribution in [0.25, 0.3) is 0 Å². The molecule has 15 heavy (non-hydrogen) atoms. The number of Topliss-reactive ketones (excluding diaryl/α,β-unsaturated/α-hetero) is 1. The van der Waals surface area contributed by atoms with E-state index in [0.29, 0.717) is 22.5 Å². The Kier molecular flexibility index (Phi) is 1.64. The van der Waals surface area contributed by atoms with E-state index in [1.165, 1.54) is 30.4 Å². The monoisotopic (exact) mass is 204 g/mol. The molecule has 0 N–H and O–H groups in total. The van der Waals surface area contributed by atoms with Crippen LogP contribution in [0.1, 0.15) is 52.9 Å². The quantitative estimate of drug-likeness (QED) is 0.590. The van der Waals surface area contributed by atoms with Gasteiger partial charge >= 0.3 is 0 Å². The molecular formula is C14H20O. The van der Waals surface area contributed by atoms with E-state index in [1.807, 2.05) is 0 Å². The molecule has 0 aromatic carbocycles. The van der Waals surface area contributed by atoms with Crippen LogP contribution in [-0.2, 0) is 4.79 Å². The van der Waals surface area contributed by atoms with Crippen LogP contribution in [-0.4, -0.2) is 5.78 Å². The van der Waals surface area contributed by atoms with Gasteiger partial charge in [0, 0.05) is 6.42 Å². The van der Waals surface area contributed by atoms with Crippen molar-refractivity contribution >= 4 is 5.78 Å². The van der Waals surface area contributed by atoms with Crippen LogP contribution < -0.4 is 0 Å². The molecule has 0 unspecified atom stereocenters. The summed E-state index contributed by atoms with van der Waals surface area (Å²) < 4.78 is 0. The van der Waals surface area contributed by atoms with Crippen molar-refractivity contribution in [3.05, 3.63) is 11.1 Å². The highest BCUT2D eigenvalue weighted by molar-refractivity contribution is 6.00. The number of ketones is 1. The molecule has 2 atom stereocenters. The third kappa shape index (κ3) is 1.07. The Morgan fingerprint density at radius 1 is 1.13 bits per heavy atom. The van der Waals surface area contributed by atoms with E-state index in [1.54, 1.807) is 0 Å². The SMILES string of the molecule is CC1(C)CC[C@]2(C)CC3=C(C(=O)CC3)[C@H]12. The van der Waals surface area contributed by atoms with Gasteiger partial charge in [-0.15, -0.1) is 0 Å². The predicted octanol–water partition coefficient (Wildman–Crippen LogP) is 3.49. The summed E-state index contributed by atoms with van der Waals surface area (Å²) in [6, 6.07) is 0. The molecule has 0 bridgehead atoms. The van der Waals surface area contributed by atoms with Gasteiger partial charge in [-0.2, -0.15) is 0 Å². The number of allylic oxidation sites excluding steroid dienone is 2. The molecular weight excluding hydrogens is 184 g/mol. The van der Waals surface area contributed by atoms with Crippen LogP contribution >= 0.6 is 0 Å². The highest BCUT2D eigenvalue weighted by atomic mass is 16.1. The second-order valence-electron chi connectivity index (χ2n) is 6.69. The largest absolute Gasteiger partial charge is 0.295 e. The summed E-state index contributed by atoms with van der Waals surface area (Å²) in [5.74, 6) is 1.03. The fraction of sp³-hybridized carbons (Fsp3) is 0.786. The zero-order valence-corrected chi connectivity index (χ0v) is 10.0. The van der Waals surface area contributed by atoms with E-state index in [4.69, 9.17) is 0 Å². The average molecular weight is 204 g/mol. The zero-order valence-electron chi connectivity index (χ0n) is 10.0. The number of carbonyl (C=O) groups excluding carboxylic acids is 1. The van der Waals surface area contributed by atoms with Gasteiger partial charge in [0.2, 0.25) is 0 Å². The molecule has 82 valence electrons. The summed E-state index contributed by atoms with van der Waals surface area (Å²) in [6.45, 7) is 7.10. The first-order chi connectivity index (χ1) is 6.94. The number of fused-ring (bicyclic) bond motifs is 2. The minimum absolute atomic E-state index is 0.353. The number of hydrogen-bond acceptors (Lipinski definition) is 1. The van der Waals surface area contributed by atoms with Crippen molar-refractivity contribution in [1.82, 2.24) is 0 Å². The van der Waals surface area contributed by atoms with Gasteiger partial charge in [-0.3, -0.25) is 4.79 Å². The van der Waals surface area contributed by atoms with Crippen molar-refractivity contribution in [3.8, 4) is 0 Å². The highest BCUT2D eigenvalue weighted by Crippen LogP contribution is 2.65. The van der Waals surface area contributed by atoms with Crippen molar-refractivity contribution in [2.24, 2.45) is 16.7 Å². The molecule has 0 spiro atoms. The molecule has 0 heterocycles. The Hall–Kier alpha value is -0.590. The first-order valence-electron chi connectivity index (χ1n) is 6.19. The van der Waals surface area contributed by atoms with Crippen molar-refractivity contribution in [2.75, 3.05) is 0 Å². The van der Waals surface area contributed by atoms with E-state index in [-0.39, 0.29) is 0 Å². The summed E-state index contributed by atoms with van der Waals surface area (Å²) in [4.78, 5) is 12.0. The smallest absolute Gasteiger partial charge is 0.159 e. The van der Waals surface area contributed by atoms with Crippen LogP contribution in [0.3, 0.4) is 0 Å². The Morgan fingerprint density at radius 2 is 1.87 bits per heavy atom. The Bertz CT molecular complexity index is 375. The Balaban J connectivity index is 2.10. The van der Waals surface area contributed by atoms with Crippen LogP contribution in [0.5, 0.6) is 0 Å². The third-order valence-electron chi connectivity index (χ3n) is 5.06. The van der Waals surface area contributed by atoms with Gasteiger partial charge in [0.1, 0.15) is 0 Å². The standard InChI is InChI=1S/C14H20O/c1-13(2)6-7-14(3)8-9-4-5-10(15)11(9)12(13)14/h12H,4-8H2,1-3H3/t12-,14-/m1/s1. The maximum Gasteiger partial charge on any atom is 0.159 e.